The van der Waals surface area contributed by atoms with Crippen LogP contribution in [0.5, 0.6) is 0 Å². The van der Waals surface area contributed by atoms with Crippen molar-refractivity contribution in [1.82, 2.24) is 20.4 Å². The molecule has 0 aliphatic carbocycles. The SMILES string of the molecule is Cc1nn(-c2ccc(Cl)cc2)cc1C(=O)NCC1(C)CCNCC1.Cl. The predicted octanol–water partition coefficient (Wildman–Crippen LogP) is 3.38. The third kappa shape index (κ3) is 4.75. The number of amides is 1. The number of piperidine rings is 1. The Hall–Kier alpha value is -1.56. The van der Waals surface area contributed by atoms with Crippen LogP contribution in [-0.4, -0.2) is 35.3 Å². The van der Waals surface area contributed by atoms with Gasteiger partial charge >= 0.3 is 0 Å². The molecule has 0 spiro atoms. The fraction of sp³-hybridized carbons (Fsp3) is 0.444. The van der Waals surface area contributed by atoms with Crippen LogP contribution in [0.3, 0.4) is 0 Å². The molecular weight excluding hydrogens is 359 g/mol. The van der Waals surface area contributed by atoms with Crippen LogP contribution in [0, 0.1) is 12.3 Å². The molecule has 2 N–H and O–H groups in total. The van der Waals surface area contributed by atoms with E-state index >= 15 is 0 Å². The number of carbonyl (C=O) groups is 1. The Balaban J connectivity index is 0.00000225. The van der Waals surface area contributed by atoms with Crippen LogP contribution in [0.2, 0.25) is 5.02 Å². The Morgan fingerprint density at radius 1 is 1.32 bits per heavy atom. The summed E-state index contributed by atoms with van der Waals surface area (Å²) in [5, 5.41) is 11.6. The Kier molecular flexibility index (Phi) is 6.49. The van der Waals surface area contributed by atoms with E-state index in [2.05, 4.69) is 22.7 Å². The monoisotopic (exact) mass is 382 g/mol. The minimum absolute atomic E-state index is 0. The maximum Gasteiger partial charge on any atom is 0.254 e. The largest absolute Gasteiger partial charge is 0.351 e. The average molecular weight is 383 g/mol. The summed E-state index contributed by atoms with van der Waals surface area (Å²) < 4.78 is 1.72. The number of hydrogen-bond acceptors (Lipinski definition) is 3. The standard InChI is InChI=1S/C18H23ClN4O.ClH/c1-13-16(11-23(22-13)15-5-3-14(19)4-6-15)17(24)21-12-18(2)7-9-20-10-8-18;/h3-6,11,20H,7-10,12H2,1-2H3,(H,21,24);1H. The fourth-order valence-corrected chi connectivity index (χ4v) is 3.13. The van der Waals surface area contributed by atoms with Crippen LogP contribution in [0.4, 0.5) is 0 Å². The molecule has 5 nitrogen and oxygen atoms in total. The molecule has 0 radical (unpaired) electrons. The molecule has 1 aromatic carbocycles. The third-order valence-electron chi connectivity index (χ3n) is 4.72. The molecule has 3 rings (SSSR count). The minimum Gasteiger partial charge on any atom is -0.351 e. The van der Waals surface area contributed by atoms with Crippen molar-refractivity contribution in [3.05, 3.63) is 46.7 Å². The molecule has 25 heavy (non-hydrogen) atoms. The number of hydrogen-bond donors (Lipinski definition) is 2. The summed E-state index contributed by atoms with van der Waals surface area (Å²) in [4.78, 5) is 12.5. The van der Waals surface area contributed by atoms with Crippen LogP contribution in [0.1, 0.15) is 35.8 Å². The maximum absolute atomic E-state index is 12.5. The van der Waals surface area contributed by atoms with Gasteiger partial charge in [-0.2, -0.15) is 5.10 Å². The highest BCUT2D eigenvalue weighted by Crippen LogP contribution is 2.26. The van der Waals surface area contributed by atoms with Gasteiger partial charge in [0.2, 0.25) is 0 Å². The van der Waals surface area contributed by atoms with Crippen molar-refractivity contribution < 1.29 is 4.79 Å². The van der Waals surface area contributed by atoms with Crippen LogP contribution in [-0.2, 0) is 0 Å². The lowest BCUT2D eigenvalue weighted by atomic mass is 9.81. The topological polar surface area (TPSA) is 59.0 Å². The highest BCUT2D eigenvalue weighted by molar-refractivity contribution is 6.30. The number of halogens is 2. The number of benzene rings is 1. The van der Waals surface area contributed by atoms with Gasteiger partial charge in [-0.15, -0.1) is 12.4 Å². The van der Waals surface area contributed by atoms with Crippen molar-refractivity contribution >= 4 is 29.9 Å². The van der Waals surface area contributed by atoms with Crippen molar-refractivity contribution in [3.63, 3.8) is 0 Å². The van der Waals surface area contributed by atoms with E-state index in [9.17, 15) is 4.79 Å². The number of nitrogens with one attached hydrogen (secondary N) is 2. The molecule has 7 heteroatoms. The van der Waals surface area contributed by atoms with Crippen molar-refractivity contribution in [2.75, 3.05) is 19.6 Å². The lowest BCUT2D eigenvalue weighted by molar-refractivity contribution is 0.0921. The smallest absolute Gasteiger partial charge is 0.254 e. The molecule has 2 aromatic rings. The van der Waals surface area contributed by atoms with E-state index in [0.29, 0.717) is 17.1 Å². The van der Waals surface area contributed by atoms with Crippen LogP contribution < -0.4 is 10.6 Å². The fourth-order valence-electron chi connectivity index (χ4n) is 3.01. The minimum atomic E-state index is -0.0625. The summed E-state index contributed by atoms with van der Waals surface area (Å²) in [6.45, 7) is 6.81. The van der Waals surface area contributed by atoms with Gasteiger partial charge < -0.3 is 10.6 Å². The molecule has 1 amide bonds. The Labute approximate surface area is 159 Å². The van der Waals surface area contributed by atoms with Gasteiger partial charge in [-0.1, -0.05) is 18.5 Å². The maximum atomic E-state index is 12.5. The molecule has 0 unspecified atom stereocenters. The lowest BCUT2D eigenvalue weighted by Gasteiger charge is -2.34. The number of aryl methyl sites for hydroxylation is 1. The van der Waals surface area contributed by atoms with E-state index in [4.69, 9.17) is 11.6 Å². The van der Waals surface area contributed by atoms with Gasteiger partial charge in [0.05, 0.1) is 16.9 Å². The van der Waals surface area contributed by atoms with Gasteiger partial charge in [0.1, 0.15) is 0 Å². The first-order chi connectivity index (χ1) is 11.5. The Bertz CT molecular complexity index is 721. The first kappa shape index (κ1) is 19.8. The molecule has 1 aromatic heterocycles. The van der Waals surface area contributed by atoms with E-state index in [1.807, 2.05) is 31.2 Å². The molecule has 0 bridgehead atoms. The van der Waals surface area contributed by atoms with Gasteiger partial charge in [0.25, 0.3) is 5.91 Å². The number of aromatic nitrogens is 2. The van der Waals surface area contributed by atoms with Gasteiger partial charge in [-0.3, -0.25) is 4.79 Å². The van der Waals surface area contributed by atoms with Crippen LogP contribution >= 0.6 is 24.0 Å². The highest BCUT2D eigenvalue weighted by Gasteiger charge is 2.27. The summed E-state index contributed by atoms with van der Waals surface area (Å²) >= 11 is 5.92. The van der Waals surface area contributed by atoms with Gasteiger partial charge in [-0.05, 0) is 62.5 Å². The summed E-state index contributed by atoms with van der Waals surface area (Å²) in [5.41, 5.74) is 2.38. The molecule has 136 valence electrons. The summed E-state index contributed by atoms with van der Waals surface area (Å²) in [5.74, 6) is -0.0625. The second-order valence-electron chi connectivity index (χ2n) is 6.79. The van der Waals surface area contributed by atoms with Gasteiger partial charge in [0, 0.05) is 17.8 Å². The summed E-state index contributed by atoms with van der Waals surface area (Å²) in [6, 6.07) is 7.39. The molecule has 1 saturated heterocycles. The van der Waals surface area contributed by atoms with Gasteiger partial charge in [-0.25, -0.2) is 4.68 Å². The molecular formula is C18H24Cl2N4O. The Morgan fingerprint density at radius 3 is 2.60 bits per heavy atom. The second kappa shape index (κ2) is 8.21. The van der Waals surface area contributed by atoms with Gasteiger partial charge in [0.15, 0.2) is 0 Å². The van der Waals surface area contributed by atoms with E-state index in [0.717, 1.165) is 37.3 Å². The number of carbonyl (C=O) groups excluding carboxylic acids is 1. The normalized spacial score (nSPS) is 16.1. The highest BCUT2D eigenvalue weighted by atomic mass is 35.5. The third-order valence-corrected chi connectivity index (χ3v) is 4.97. The summed E-state index contributed by atoms with van der Waals surface area (Å²) in [7, 11) is 0. The molecule has 0 saturated carbocycles. The molecule has 2 heterocycles. The molecule has 1 fully saturated rings. The predicted molar refractivity (Wildman–Crippen MR) is 103 cm³/mol. The first-order valence-electron chi connectivity index (χ1n) is 8.28. The van der Waals surface area contributed by atoms with Crippen molar-refractivity contribution in [1.29, 1.82) is 0 Å². The zero-order valence-corrected chi connectivity index (χ0v) is 16.1. The van der Waals surface area contributed by atoms with E-state index in [1.54, 1.807) is 10.9 Å². The van der Waals surface area contributed by atoms with E-state index in [-0.39, 0.29) is 23.7 Å². The van der Waals surface area contributed by atoms with Crippen molar-refractivity contribution in [2.24, 2.45) is 5.41 Å². The van der Waals surface area contributed by atoms with E-state index in [1.165, 1.54) is 0 Å². The first-order valence-corrected chi connectivity index (χ1v) is 8.66. The molecule has 0 atom stereocenters. The van der Waals surface area contributed by atoms with Crippen LogP contribution in [0.15, 0.2) is 30.5 Å². The second-order valence-corrected chi connectivity index (χ2v) is 7.23. The van der Waals surface area contributed by atoms with E-state index < -0.39 is 0 Å². The average Bonchev–Trinajstić information content (AvgIpc) is 2.96. The quantitative estimate of drug-likeness (QED) is 0.851. The summed E-state index contributed by atoms with van der Waals surface area (Å²) in [6.07, 6.45) is 3.94. The molecule has 1 aliphatic heterocycles. The molecule has 1 aliphatic rings. The van der Waals surface area contributed by atoms with Crippen molar-refractivity contribution in [3.8, 4) is 5.69 Å². The zero-order valence-electron chi connectivity index (χ0n) is 14.5. The lowest BCUT2D eigenvalue weighted by Crippen LogP contribution is -2.42. The van der Waals surface area contributed by atoms with Crippen molar-refractivity contribution in [2.45, 2.75) is 26.7 Å². The zero-order chi connectivity index (χ0) is 17.2. The number of nitrogens with zero attached hydrogens (tertiary/aromatic N) is 2. The Morgan fingerprint density at radius 2 is 1.96 bits per heavy atom. The number of rotatable bonds is 4. The van der Waals surface area contributed by atoms with Crippen LogP contribution in [0.25, 0.3) is 5.69 Å².